The molecule has 1 N–H and O–H groups in total. The van der Waals surface area contributed by atoms with Gasteiger partial charge in [-0.25, -0.2) is 4.68 Å². The van der Waals surface area contributed by atoms with Gasteiger partial charge in [-0.1, -0.05) is 6.07 Å². The van der Waals surface area contributed by atoms with Crippen molar-refractivity contribution in [3.05, 3.63) is 46.8 Å². The number of alkyl halides is 3. The van der Waals surface area contributed by atoms with E-state index in [1.54, 1.807) is 10.7 Å². The molecule has 0 aliphatic heterocycles. The van der Waals surface area contributed by atoms with Crippen molar-refractivity contribution in [2.45, 2.75) is 38.5 Å². The van der Waals surface area contributed by atoms with Crippen LogP contribution in [0.3, 0.4) is 0 Å². The van der Waals surface area contributed by atoms with Crippen LogP contribution in [-0.2, 0) is 25.6 Å². The molecule has 1 aliphatic carbocycles. The van der Waals surface area contributed by atoms with E-state index in [0.29, 0.717) is 11.4 Å². The van der Waals surface area contributed by atoms with E-state index < -0.39 is 11.7 Å². The molecule has 3 nitrogen and oxygen atoms in total. The van der Waals surface area contributed by atoms with Gasteiger partial charge in [0.05, 0.1) is 23.6 Å². The molecule has 1 aliphatic rings. The van der Waals surface area contributed by atoms with E-state index in [0.717, 1.165) is 49.1 Å². The molecule has 1 aromatic heterocycles. The fourth-order valence-electron chi connectivity index (χ4n) is 2.83. The molecule has 0 spiro atoms. The molecule has 0 saturated carbocycles. The third-order valence-corrected chi connectivity index (χ3v) is 3.83. The minimum Gasteiger partial charge on any atom is -0.390 e. The summed E-state index contributed by atoms with van der Waals surface area (Å²) < 4.78 is 40.0. The first kappa shape index (κ1) is 14.1. The van der Waals surface area contributed by atoms with Crippen LogP contribution in [0.5, 0.6) is 0 Å². The molecular weight excluding hydrogens is 281 g/mol. The van der Waals surface area contributed by atoms with Crippen LogP contribution in [-0.4, -0.2) is 14.9 Å². The van der Waals surface area contributed by atoms with Gasteiger partial charge in [0.1, 0.15) is 0 Å². The Bertz CT molecular complexity index is 661. The Morgan fingerprint density at radius 1 is 1.19 bits per heavy atom. The van der Waals surface area contributed by atoms with Crippen LogP contribution < -0.4 is 0 Å². The van der Waals surface area contributed by atoms with Gasteiger partial charge in [0.2, 0.25) is 0 Å². The monoisotopic (exact) mass is 296 g/mol. The van der Waals surface area contributed by atoms with Crippen molar-refractivity contribution in [1.82, 2.24) is 9.78 Å². The zero-order chi connectivity index (χ0) is 15.0. The Kier molecular flexibility index (Phi) is 3.49. The molecular formula is C15H15F3N2O. The van der Waals surface area contributed by atoms with E-state index in [2.05, 4.69) is 5.10 Å². The molecule has 1 heterocycles. The second kappa shape index (κ2) is 5.18. The van der Waals surface area contributed by atoms with Crippen molar-refractivity contribution in [3.8, 4) is 5.69 Å². The molecule has 21 heavy (non-hydrogen) atoms. The zero-order valence-corrected chi connectivity index (χ0v) is 11.3. The average Bonchev–Trinajstić information content (AvgIpc) is 2.85. The Balaban J connectivity index is 2.11. The number of aliphatic hydroxyl groups is 1. The van der Waals surface area contributed by atoms with E-state index >= 15 is 0 Å². The highest BCUT2D eigenvalue weighted by Crippen LogP contribution is 2.32. The zero-order valence-electron chi connectivity index (χ0n) is 11.3. The van der Waals surface area contributed by atoms with Crippen molar-refractivity contribution in [1.29, 1.82) is 0 Å². The van der Waals surface area contributed by atoms with E-state index in [1.807, 2.05) is 0 Å². The number of aromatic nitrogens is 2. The Labute approximate surface area is 120 Å². The third-order valence-electron chi connectivity index (χ3n) is 3.83. The number of hydrogen-bond acceptors (Lipinski definition) is 2. The summed E-state index contributed by atoms with van der Waals surface area (Å²) in [6, 6.07) is 5.14. The Hall–Kier alpha value is -1.82. The largest absolute Gasteiger partial charge is 0.416 e. The number of halogens is 3. The topological polar surface area (TPSA) is 38.1 Å². The maximum atomic E-state index is 12.8. The van der Waals surface area contributed by atoms with Crippen LogP contribution >= 0.6 is 0 Å². The van der Waals surface area contributed by atoms with Crippen molar-refractivity contribution in [2.24, 2.45) is 0 Å². The summed E-state index contributed by atoms with van der Waals surface area (Å²) in [6.07, 6.45) is -0.761. The molecule has 0 saturated heterocycles. The van der Waals surface area contributed by atoms with Gasteiger partial charge in [-0.3, -0.25) is 0 Å². The summed E-state index contributed by atoms with van der Waals surface area (Å²) in [7, 11) is 0. The molecule has 2 aromatic rings. The molecule has 0 unspecified atom stereocenters. The SMILES string of the molecule is OCc1nn(-c2cccc(C(F)(F)F)c2)c2c1CCCC2. The summed E-state index contributed by atoms with van der Waals surface area (Å²) >= 11 is 0. The van der Waals surface area contributed by atoms with Gasteiger partial charge in [-0.15, -0.1) is 0 Å². The standard InChI is InChI=1S/C15H15F3N2O/c16-15(17,18)10-4-3-5-11(8-10)20-14-7-2-1-6-12(14)13(9-21)19-20/h3-5,8,21H,1-2,6-7,9H2. The molecule has 3 rings (SSSR count). The maximum Gasteiger partial charge on any atom is 0.416 e. The van der Waals surface area contributed by atoms with Crippen LogP contribution in [0, 0.1) is 0 Å². The Morgan fingerprint density at radius 2 is 1.95 bits per heavy atom. The lowest BCUT2D eigenvalue weighted by molar-refractivity contribution is -0.137. The second-order valence-corrected chi connectivity index (χ2v) is 5.20. The van der Waals surface area contributed by atoms with Crippen molar-refractivity contribution in [2.75, 3.05) is 0 Å². The van der Waals surface area contributed by atoms with Crippen molar-refractivity contribution in [3.63, 3.8) is 0 Å². The minimum absolute atomic E-state index is 0.186. The lowest BCUT2D eigenvalue weighted by atomic mass is 9.96. The van der Waals surface area contributed by atoms with Crippen LogP contribution in [0.1, 0.15) is 35.4 Å². The van der Waals surface area contributed by atoms with Crippen molar-refractivity contribution >= 4 is 0 Å². The summed E-state index contributed by atoms with van der Waals surface area (Å²) in [5.74, 6) is 0. The van der Waals surface area contributed by atoms with E-state index in [-0.39, 0.29) is 6.61 Å². The predicted molar refractivity (Wildman–Crippen MR) is 71.1 cm³/mol. The average molecular weight is 296 g/mol. The van der Waals surface area contributed by atoms with Gasteiger partial charge >= 0.3 is 6.18 Å². The first-order valence-electron chi connectivity index (χ1n) is 6.89. The maximum absolute atomic E-state index is 12.8. The number of aliphatic hydroxyl groups excluding tert-OH is 1. The summed E-state index contributed by atoms with van der Waals surface area (Å²) in [6.45, 7) is -0.186. The predicted octanol–water partition coefficient (Wildman–Crippen LogP) is 3.26. The minimum atomic E-state index is -4.37. The lowest BCUT2D eigenvalue weighted by Gasteiger charge is -2.15. The fourth-order valence-corrected chi connectivity index (χ4v) is 2.83. The molecule has 0 atom stereocenters. The molecule has 1 aromatic carbocycles. The molecule has 6 heteroatoms. The van der Waals surface area contributed by atoms with Crippen LogP contribution in [0.4, 0.5) is 13.2 Å². The summed E-state index contributed by atoms with van der Waals surface area (Å²) in [5.41, 5.74) is 2.18. The number of benzene rings is 1. The highest BCUT2D eigenvalue weighted by molar-refractivity contribution is 5.41. The first-order chi connectivity index (χ1) is 10.0. The van der Waals surface area contributed by atoms with Gasteiger partial charge in [0, 0.05) is 5.69 Å². The first-order valence-corrected chi connectivity index (χ1v) is 6.89. The van der Waals surface area contributed by atoms with Gasteiger partial charge in [-0.05, 0) is 49.4 Å². The highest BCUT2D eigenvalue weighted by atomic mass is 19.4. The van der Waals surface area contributed by atoms with Crippen molar-refractivity contribution < 1.29 is 18.3 Å². The number of rotatable bonds is 2. The van der Waals surface area contributed by atoms with E-state index in [4.69, 9.17) is 0 Å². The van der Waals surface area contributed by atoms with Gasteiger partial charge in [0.15, 0.2) is 0 Å². The van der Waals surface area contributed by atoms with Gasteiger partial charge in [0.25, 0.3) is 0 Å². The highest BCUT2D eigenvalue weighted by Gasteiger charge is 2.31. The molecule has 0 amide bonds. The normalized spacial score (nSPS) is 15.0. The van der Waals surface area contributed by atoms with Gasteiger partial charge in [-0.2, -0.15) is 18.3 Å². The molecule has 0 bridgehead atoms. The quantitative estimate of drug-likeness (QED) is 0.923. The van der Waals surface area contributed by atoms with E-state index in [9.17, 15) is 18.3 Å². The number of nitrogens with zero attached hydrogens (tertiary/aromatic N) is 2. The number of hydrogen-bond donors (Lipinski definition) is 1. The third kappa shape index (κ3) is 2.55. The molecule has 0 radical (unpaired) electrons. The molecule has 0 fully saturated rings. The summed E-state index contributed by atoms with van der Waals surface area (Å²) in [5, 5.41) is 13.7. The second-order valence-electron chi connectivity index (χ2n) is 5.20. The van der Waals surface area contributed by atoms with Crippen LogP contribution in [0.2, 0.25) is 0 Å². The smallest absolute Gasteiger partial charge is 0.390 e. The van der Waals surface area contributed by atoms with Crippen LogP contribution in [0.15, 0.2) is 24.3 Å². The van der Waals surface area contributed by atoms with Crippen LogP contribution in [0.25, 0.3) is 5.69 Å². The van der Waals surface area contributed by atoms with E-state index in [1.165, 1.54) is 6.07 Å². The summed E-state index contributed by atoms with van der Waals surface area (Å²) in [4.78, 5) is 0. The van der Waals surface area contributed by atoms with Gasteiger partial charge < -0.3 is 5.11 Å². The lowest BCUT2D eigenvalue weighted by Crippen LogP contribution is -2.10. The number of fused-ring (bicyclic) bond motifs is 1. The molecule has 112 valence electrons. The Morgan fingerprint density at radius 3 is 2.67 bits per heavy atom. The fraction of sp³-hybridized carbons (Fsp3) is 0.400.